The summed E-state index contributed by atoms with van der Waals surface area (Å²) in [6, 6.07) is 1.42. The maximum Gasteiger partial charge on any atom is 0.412 e. The summed E-state index contributed by atoms with van der Waals surface area (Å²) in [5.74, 6) is -0.138. The Morgan fingerprint density at radius 2 is 2.38 bits per heavy atom. The van der Waals surface area contributed by atoms with Crippen LogP contribution in [0.1, 0.15) is 5.56 Å². The molecule has 0 radical (unpaired) electrons. The van der Waals surface area contributed by atoms with E-state index in [1.807, 2.05) is 0 Å². The van der Waals surface area contributed by atoms with E-state index >= 15 is 0 Å². The predicted molar refractivity (Wildman–Crippen MR) is 45.0 cm³/mol. The number of rotatable bonds is 1. The maximum absolute atomic E-state index is 12.7. The third kappa shape index (κ3) is 2.40. The van der Waals surface area contributed by atoms with E-state index in [2.05, 4.69) is 15.0 Å². The highest BCUT2D eigenvalue weighted by Gasteiger charge is 2.03. The number of halogens is 1. The molecule has 1 amide bonds. The number of hydrogen-bond donors (Lipinski definition) is 1. The molecular formula is C8H9FN2O2. The third-order valence-corrected chi connectivity index (χ3v) is 1.46. The summed E-state index contributed by atoms with van der Waals surface area (Å²) in [5, 5.41) is 2.32. The second-order valence-electron chi connectivity index (χ2n) is 2.44. The number of nitrogens with zero attached hydrogens (tertiary/aromatic N) is 1. The molecular weight excluding hydrogens is 175 g/mol. The molecule has 1 aromatic rings. The molecule has 1 rings (SSSR count). The summed E-state index contributed by atoms with van der Waals surface area (Å²) >= 11 is 0. The van der Waals surface area contributed by atoms with Crippen molar-refractivity contribution in [3.8, 4) is 0 Å². The number of anilines is 1. The first kappa shape index (κ1) is 9.44. The summed E-state index contributed by atoms with van der Waals surface area (Å²) < 4.78 is 17.1. The molecule has 0 spiro atoms. The van der Waals surface area contributed by atoms with Crippen molar-refractivity contribution in [2.24, 2.45) is 0 Å². The Morgan fingerprint density at radius 3 is 2.92 bits per heavy atom. The van der Waals surface area contributed by atoms with Gasteiger partial charge in [0.15, 0.2) is 0 Å². The van der Waals surface area contributed by atoms with Crippen molar-refractivity contribution in [2.45, 2.75) is 6.92 Å². The summed E-state index contributed by atoms with van der Waals surface area (Å²) in [4.78, 5) is 14.4. The first-order valence-corrected chi connectivity index (χ1v) is 3.60. The molecule has 5 heteroatoms. The average Bonchev–Trinajstić information content (AvgIpc) is 2.11. The van der Waals surface area contributed by atoms with Crippen molar-refractivity contribution in [2.75, 3.05) is 12.4 Å². The fraction of sp³-hybridized carbons (Fsp3) is 0.250. The van der Waals surface area contributed by atoms with Gasteiger partial charge in [0.1, 0.15) is 11.6 Å². The Balaban J connectivity index is 2.79. The minimum atomic E-state index is -0.626. The lowest BCUT2D eigenvalue weighted by Gasteiger charge is -2.03. The number of amides is 1. The Hall–Kier alpha value is -1.65. The van der Waals surface area contributed by atoms with Gasteiger partial charge in [0.05, 0.1) is 13.3 Å². The van der Waals surface area contributed by atoms with Crippen LogP contribution in [0.3, 0.4) is 0 Å². The number of pyridine rings is 1. The van der Waals surface area contributed by atoms with E-state index in [1.165, 1.54) is 13.2 Å². The van der Waals surface area contributed by atoms with E-state index in [0.717, 1.165) is 6.20 Å². The number of methoxy groups -OCH3 is 1. The van der Waals surface area contributed by atoms with Crippen LogP contribution >= 0.6 is 0 Å². The van der Waals surface area contributed by atoms with Gasteiger partial charge < -0.3 is 4.74 Å². The quantitative estimate of drug-likeness (QED) is 0.722. The molecule has 0 aliphatic rings. The normalized spacial score (nSPS) is 9.46. The van der Waals surface area contributed by atoms with Gasteiger partial charge in [-0.2, -0.15) is 0 Å². The molecule has 1 N–H and O–H groups in total. The van der Waals surface area contributed by atoms with Crippen molar-refractivity contribution in [1.29, 1.82) is 0 Å². The molecule has 0 aliphatic carbocycles. The summed E-state index contributed by atoms with van der Waals surface area (Å²) in [5.41, 5.74) is 0.418. The number of carbonyl (C=O) groups excluding carboxylic acids is 1. The molecule has 0 saturated carbocycles. The van der Waals surface area contributed by atoms with Gasteiger partial charge in [-0.05, 0) is 18.6 Å². The SMILES string of the molecule is COC(=O)Nc1cc(C)c(F)cn1. The van der Waals surface area contributed by atoms with Gasteiger partial charge in [-0.3, -0.25) is 5.32 Å². The Labute approximate surface area is 74.7 Å². The second-order valence-corrected chi connectivity index (χ2v) is 2.44. The number of aryl methyl sites for hydroxylation is 1. The minimum Gasteiger partial charge on any atom is -0.453 e. The number of ether oxygens (including phenoxy) is 1. The minimum absolute atomic E-state index is 0.269. The molecule has 0 saturated heterocycles. The summed E-state index contributed by atoms with van der Waals surface area (Å²) in [7, 11) is 1.24. The summed E-state index contributed by atoms with van der Waals surface area (Å²) in [6.07, 6.45) is 0.416. The molecule has 0 unspecified atom stereocenters. The third-order valence-electron chi connectivity index (χ3n) is 1.46. The Bertz CT molecular complexity index is 328. The number of hydrogen-bond acceptors (Lipinski definition) is 3. The molecule has 0 aliphatic heterocycles. The zero-order valence-electron chi connectivity index (χ0n) is 7.30. The fourth-order valence-corrected chi connectivity index (χ4v) is 0.763. The van der Waals surface area contributed by atoms with E-state index < -0.39 is 11.9 Å². The van der Waals surface area contributed by atoms with Gasteiger partial charge in [-0.1, -0.05) is 0 Å². The molecule has 1 heterocycles. The van der Waals surface area contributed by atoms with Crippen molar-refractivity contribution >= 4 is 11.9 Å². The zero-order valence-corrected chi connectivity index (χ0v) is 7.30. The number of aromatic nitrogens is 1. The summed E-state index contributed by atoms with van der Waals surface area (Å²) in [6.45, 7) is 1.58. The van der Waals surface area contributed by atoms with Crippen LogP contribution in [0.15, 0.2) is 12.3 Å². The standard InChI is InChI=1S/C8H9FN2O2/c1-5-3-7(10-4-6(5)9)11-8(12)13-2/h3-4H,1-2H3,(H,10,11,12). The van der Waals surface area contributed by atoms with Crippen LogP contribution in [0.25, 0.3) is 0 Å². The van der Waals surface area contributed by atoms with E-state index in [4.69, 9.17) is 0 Å². The lowest BCUT2D eigenvalue weighted by Crippen LogP contribution is -2.12. The van der Waals surface area contributed by atoms with E-state index in [9.17, 15) is 9.18 Å². The average molecular weight is 184 g/mol. The van der Waals surface area contributed by atoms with E-state index in [0.29, 0.717) is 5.56 Å². The predicted octanol–water partition coefficient (Wildman–Crippen LogP) is 1.71. The van der Waals surface area contributed by atoms with Gasteiger partial charge in [0.25, 0.3) is 0 Å². The van der Waals surface area contributed by atoms with E-state index in [-0.39, 0.29) is 5.82 Å². The second kappa shape index (κ2) is 3.84. The van der Waals surface area contributed by atoms with E-state index in [1.54, 1.807) is 6.92 Å². The van der Waals surface area contributed by atoms with Crippen LogP contribution in [-0.2, 0) is 4.74 Å². The molecule has 1 aromatic heterocycles. The van der Waals surface area contributed by atoms with Gasteiger partial charge >= 0.3 is 6.09 Å². The van der Waals surface area contributed by atoms with Crippen LogP contribution in [0.5, 0.6) is 0 Å². The van der Waals surface area contributed by atoms with Gasteiger partial charge in [-0.15, -0.1) is 0 Å². The van der Waals surface area contributed by atoms with Crippen LogP contribution < -0.4 is 5.32 Å². The highest BCUT2D eigenvalue weighted by atomic mass is 19.1. The van der Waals surface area contributed by atoms with Crippen LogP contribution in [0.2, 0.25) is 0 Å². The van der Waals surface area contributed by atoms with Crippen molar-refractivity contribution in [3.05, 3.63) is 23.6 Å². The lowest BCUT2D eigenvalue weighted by molar-refractivity contribution is 0.187. The molecule has 70 valence electrons. The van der Waals surface area contributed by atoms with Crippen LogP contribution in [0.4, 0.5) is 15.0 Å². The number of carbonyl (C=O) groups is 1. The molecule has 0 aromatic carbocycles. The highest BCUT2D eigenvalue weighted by molar-refractivity contribution is 5.83. The van der Waals surface area contributed by atoms with Gasteiger partial charge in [0, 0.05) is 0 Å². The molecule has 13 heavy (non-hydrogen) atoms. The topological polar surface area (TPSA) is 51.2 Å². The Kier molecular flexibility index (Phi) is 2.79. The maximum atomic E-state index is 12.7. The Morgan fingerprint density at radius 1 is 1.69 bits per heavy atom. The van der Waals surface area contributed by atoms with Gasteiger partial charge in [0.2, 0.25) is 0 Å². The van der Waals surface area contributed by atoms with Crippen molar-refractivity contribution < 1.29 is 13.9 Å². The molecule has 0 atom stereocenters. The lowest BCUT2D eigenvalue weighted by atomic mass is 10.3. The molecule has 0 fully saturated rings. The van der Waals surface area contributed by atoms with Crippen molar-refractivity contribution in [3.63, 3.8) is 0 Å². The van der Waals surface area contributed by atoms with Crippen LogP contribution in [-0.4, -0.2) is 18.2 Å². The monoisotopic (exact) mass is 184 g/mol. The van der Waals surface area contributed by atoms with Gasteiger partial charge in [-0.25, -0.2) is 14.2 Å². The molecule has 4 nitrogen and oxygen atoms in total. The zero-order chi connectivity index (χ0) is 9.84. The van der Waals surface area contributed by atoms with Crippen molar-refractivity contribution in [1.82, 2.24) is 4.98 Å². The van der Waals surface area contributed by atoms with Crippen LogP contribution in [0, 0.1) is 12.7 Å². The molecule has 0 bridgehead atoms. The number of nitrogens with one attached hydrogen (secondary N) is 1. The highest BCUT2D eigenvalue weighted by Crippen LogP contribution is 2.09. The largest absolute Gasteiger partial charge is 0.453 e. The smallest absolute Gasteiger partial charge is 0.412 e. The first-order valence-electron chi connectivity index (χ1n) is 3.60. The first-order chi connectivity index (χ1) is 6.13. The fourth-order valence-electron chi connectivity index (χ4n) is 0.763.